The number of carbonyl (C=O) groups is 1. The lowest BCUT2D eigenvalue weighted by molar-refractivity contribution is -0.120. The summed E-state index contributed by atoms with van der Waals surface area (Å²) in [7, 11) is 0. The second kappa shape index (κ2) is 8.81. The van der Waals surface area contributed by atoms with Crippen LogP contribution in [0.25, 0.3) is 0 Å². The van der Waals surface area contributed by atoms with Gasteiger partial charge in [-0.1, -0.05) is 60.2 Å². The molecule has 0 spiro atoms. The first-order chi connectivity index (χ1) is 13.5. The predicted octanol–water partition coefficient (Wildman–Crippen LogP) is 4.72. The van der Waals surface area contributed by atoms with Crippen LogP contribution in [0.3, 0.4) is 0 Å². The third kappa shape index (κ3) is 4.65. The van der Waals surface area contributed by atoms with Gasteiger partial charge in [0.2, 0.25) is 5.91 Å². The van der Waals surface area contributed by atoms with Crippen molar-refractivity contribution in [2.24, 2.45) is 5.73 Å². The number of aryl methyl sites for hydroxylation is 2. The lowest BCUT2D eigenvalue weighted by Gasteiger charge is -2.26. The van der Waals surface area contributed by atoms with Gasteiger partial charge in [-0.15, -0.1) is 0 Å². The smallest absolute Gasteiger partial charge is 0.248 e. The highest BCUT2D eigenvalue weighted by Gasteiger charge is 2.24. The molecule has 0 aromatic heterocycles. The number of carbonyl (C=O) groups excluding carboxylic acids is 1. The van der Waals surface area contributed by atoms with Gasteiger partial charge in [-0.05, 0) is 55.2 Å². The van der Waals surface area contributed by atoms with Crippen LogP contribution in [0.4, 0.5) is 10.1 Å². The van der Waals surface area contributed by atoms with Crippen molar-refractivity contribution < 1.29 is 9.18 Å². The molecule has 0 aliphatic rings. The van der Waals surface area contributed by atoms with Crippen LogP contribution < -0.4 is 10.6 Å². The van der Waals surface area contributed by atoms with Gasteiger partial charge in [0, 0.05) is 12.2 Å². The summed E-state index contributed by atoms with van der Waals surface area (Å²) >= 11 is 0. The molecule has 2 N–H and O–H groups in total. The van der Waals surface area contributed by atoms with Crippen molar-refractivity contribution >= 4 is 11.6 Å². The summed E-state index contributed by atoms with van der Waals surface area (Å²) in [4.78, 5) is 14.9. The Bertz CT molecular complexity index is 939. The Morgan fingerprint density at radius 2 is 1.68 bits per heavy atom. The summed E-state index contributed by atoms with van der Waals surface area (Å²) in [5, 5.41) is 0. The molecule has 0 saturated carbocycles. The maximum absolute atomic E-state index is 13.7. The number of hydrogen-bond acceptors (Lipinski definition) is 2. The van der Waals surface area contributed by atoms with Gasteiger partial charge in [0.15, 0.2) is 0 Å². The second-order valence-electron chi connectivity index (χ2n) is 7.05. The molecule has 0 fully saturated rings. The number of rotatable bonds is 6. The van der Waals surface area contributed by atoms with Gasteiger partial charge in [0.1, 0.15) is 11.9 Å². The topological polar surface area (TPSA) is 46.3 Å². The van der Waals surface area contributed by atoms with Crippen molar-refractivity contribution in [1.29, 1.82) is 0 Å². The molecule has 28 heavy (non-hydrogen) atoms. The summed E-state index contributed by atoms with van der Waals surface area (Å²) in [6, 6.07) is 21.5. The zero-order valence-electron chi connectivity index (χ0n) is 16.2. The van der Waals surface area contributed by atoms with Gasteiger partial charge in [-0.25, -0.2) is 4.39 Å². The summed E-state index contributed by atoms with van der Waals surface area (Å²) < 4.78 is 13.7. The van der Waals surface area contributed by atoms with E-state index < -0.39 is 6.04 Å². The highest BCUT2D eigenvalue weighted by atomic mass is 19.1. The first kappa shape index (κ1) is 19.8. The largest absolute Gasteiger partial charge is 0.316 e. The average molecular weight is 376 g/mol. The first-order valence-corrected chi connectivity index (χ1v) is 9.39. The molecule has 1 amide bonds. The molecular formula is C24H25FN2O. The van der Waals surface area contributed by atoms with Crippen LogP contribution in [0.2, 0.25) is 0 Å². The van der Waals surface area contributed by atoms with E-state index in [0.717, 1.165) is 11.1 Å². The highest BCUT2D eigenvalue weighted by Crippen LogP contribution is 2.23. The van der Waals surface area contributed by atoms with E-state index in [-0.39, 0.29) is 11.7 Å². The Hall–Kier alpha value is -2.98. The van der Waals surface area contributed by atoms with Gasteiger partial charge in [0.05, 0.1) is 0 Å². The fourth-order valence-corrected chi connectivity index (χ4v) is 3.13. The molecule has 144 valence electrons. The highest BCUT2D eigenvalue weighted by molar-refractivity contribution is 5.97. The molecular weight excluding hydrogens is 351 g/mol. The van der Waals surface area contributed by atoms with Crippen LogP contribution in [0.15, 0.2) is 72.8 Å². The Balaban J connectivity index is 1.87. The molecule has 0 aliphatic carbocycles. The van der Waals surface area contributed by atoms with E-state index in [1.54, 1.807) is 24.0 Å². The van der Waals surface area contributed by atoms with Crippen LogP contribution in [0.5, 0.6) is 0 Å². The van der Waals surface area contributed by atoms with E-state index in [1.165, 1.54) is 11.6 Å². The Labute approximate surface area is 165 Å². The number of hydrogen-bond donors (Lipinski definition) is 1. The minimum atomic E-state index is -0.774. The number of amides is 1. The molecule has 3 aromatic rings. The fraction of sp³-hybridized carbons (Fsp3) is 0.208. The third-order valence-electron chi connectivity index (χ3n) is 4.89. The molecule has 1 atom stereocenters. The molecule has 4 heteroatoms. The van der Waals surface area contributed by atoms with E-state index in [0.29, 0.717) is 24.2 Å². The molecule has 0 aliphatic heterocycles. The fourth-order valence-electron chi connectivity index (χ4n) is 3.13. The lowest BCUT2D eigenvalue weighted by Crippen LogP contribution is -2.40. The monoisotopic (exact) mass is 376 g/mol. The predicted molar refractivity (Wildman–Crippen MR) is 112 cm³/mol. The molecule has 0 radical (unpaired) electrons. The Morgan fingerprint density at radius 3 is 2.32 bits per heavy atom. The van der Waals surface area contributed by atoms with Crippen LogP contribution in [0, 0.1) is 19.7 Å². The molecule has 3 nitrogen and oxygen atoms in total. The third-order valence-corrected chi connectivity index (χ3v) is 4.89. The van der Waals surface area contributed by atoms with Gasteiger partial charge in [-0.3, -0.25) is 4.79 Å². The first-order valence-electron chi connectivity index (χ1n) is 9.39. The number of benzene rings is 3. The van der Waals surface area contributed by atoms with Gasteiger partial charge in [0.25, 0.3) is 0 Å². The van der Waals surface area contributed by atoms with Gasteiger partial charge in [-0.2, -0.15) is 0 Å². The molecule has 0 bridgehead atoms. The van der Waals surface area contributed by atoms with Gasteiger partial charge < -0.3 is 10.6 Å². The maximum Gasteiger partial charge on any atom is 0.248 e. The van der Waals surface area contributed by atoms with Gasteiger partial charge >= 0.3 is 0 Å². The second-order valence-corrected chi connectivity index (χ2v) is 7.05. The number of nitrogens with two attached hydrogens (primary N) is 1. The zero-order valence-corrected chi connectivity index (χ0v) is 16.2. The summed E-state index contributed by atoms with van der Waals surface area (Å²) in [6.45, 7) is 4.20. The minimum absolute atomic E-state index is 0.204. The number of nitrogens with zero attached hydrogens (tertiary/aromatic N) is 1. The Kier molecular flexibility index (Phi) is 6.22. The average Bonchev–Trinajstić information content (AvgIpc) is 2.72. The van der Waals surface area contributed by atoms with E-state index in [9.17, 15) is 9.18 Å². The van der Waals surface area contributed by atoms with Crippen molar-refractivity contribution in [2.75, 3.05) is 11.4 Å². The van der Waals surface area contributed by atoms with E-state index >= 15 is 0 Å². The lowest BCUT2D eigenvalue weighted by atomic mass is 10.0. The molecule has 0 heterocycles. The SMILES string of the molecule is Cc1ccc(CCN(C(=O)C(N)c2ccccc2)c2ccc(F)c(C)c2)cc1. The van der Waals surface area contributed by atoms with E-state index in [4.69, 9.17) is 5.73 Å². The normalized spacial score (nSPS) is 11.9. The molecule has 1 unspecified atom stereocenters. The quantitative estimate of drug-likeness (QED) is 0.677. The molecule has 3 rings (SSSR count). The van der Waals surface area contributed by atoms with Crippen molar-refractivity contribution in [3.63, 3.8) is 0 Å². The van der Waals surface area contributed by atoms with Crippen LogP contribution >= 0.6 is 0 Å². The van der Waals surface area contributed by atoms with Crippen LogP contribution in [-0.2, 0) is 11.2 Å². The zero-order chi connectivity index (χ0) is 20.1. The summed E-state index contributed by atoms with van der Waals surface area (Å²) in [5.41, 5.74) is 10.5. The van der Waals surface area contributed by atoms with E-state index in [1.807, 2.05) is 37.3 Å². The maximum atomic E-state index is 13.7. The number of anilines is 1. The van der Waals surface area contributed by atoms with Crippen LogP contribution in [-0.4, -0.2) is 12.5 Å². The van der Waals surface area contributed by atoms with Crippen molar-refractivity contribution in [1.82, 2.24) is 0 Å². The van der Waals surface area contributed by atoms with Crippen molar-refractivity contribution in [3.8, 4) is 0 Å². The van der Waals surface area contributed by atoms with Crippen molar-refractivity contribution in [2.45, 2.75) is 26.3 Å². The van der Waals surface area contributed by atoms with Crippen molar-refractivity contribution in [3.05, 3.63) is 101 Å². The Morgan fingerprint density at radius 1 is 1.00 bits per heavy atom. The van der Waals surface area contributed by atoms with E-state index in [2.05, 4.69) is 24.3 Å². The van der Waals surface area contributed by atoms with Crippen LogP contribution in [0.1, 0.15) is 28.3 Å². The molecule has 0 saturated heterocycles. The minimum Gasteiger partial charge on any atom is -0.316 e. The number of halogens is 1. The standard InChI is InChI=1S/C24H25FN2O/c1-17-8-10-19(11-9-17)14-15-27(21-12-13-22(25)18(2)16-21)24(28)23(26)20-6-4-3-5-7-20/h3-13,16,23H,14-15,26H2,1-2H3. The summed E-state index contributed by atoms with van der Waals surface area (Å²) in [6.07, 6.45) is 0.684. The summed E-state index contributed by atoms with van der Waals surface area (Å²) in [5.74, 6) is -0.494. The molecule has 3 aromatic carbocycles.